The van der Waals surface area contributed by atoms with E-state index in [9.17, 15) is 0 Å². The number of hydrogen-bond acceptors (Lipinski definition) is 30. The van der Waals surface area contributed by atoms with Gasteiger partial charge < -0.3 is 9.30 Å². The minimum Gasteiger partial charge on any atom is -0.373 e. The first-order valence-corrected chi connectivity index (χ1v) is 48.4. The maximum atomic E-state index is 5.19. The number of hydrogen-bond donors (Lipinski definition) is 1. The Labute approximate surface area is 855 Å². The van der Waals surface area contributed by atoms with Crippen LogP contribution < -0.4 is 0 Å². The van der Waals surface area contributed by atoms with Crippen molar-refractivity contribution >= 4 is 106 Å². The SMILES string of the molecule is C1=NCC2=C1CCCC2.C1=NCc2ccncc21.C1=NCc2cnccc21.c1cc2ccncc2cn1.c1cc2ccnn2cn1.c1cc2cnccc2cn1.c1cc2n(n1)CCCC2.c1cc2n(n1)CCOC2.c1ccc2[nH]ncc2c1.c1cnc2ccncc2c1.c1cnc2cnccc2c1.c1cnc2nccn2c1.c1cnn2ccnc2c1.c1cnn2cncc2c1.c1ncc2ncncc2n1.c1ncn2c1CCCC2. The Morgan fingerprint density at radius 1 is 0.289 bits per heavy atom. The number of para-hydroxylation sites is 1. The van der Waals surface area contributed by atoms with Gasteiger partial charge in [0, 0.05) is 272 Å². The number of aromatic nitrogens is 34. The van der Waals surface area contributed by atoms with Gasteiger partial charge in [0.15, 0.2) is 5.65 Å². The number of aromatic amines is 1. The van der Waals surface area contributed by atoms with Crippen LogP contribution in [0.1, 0.15) is 90.7 Å². The van der Waals surface area contributed by atoms with Crippen LogP contribution >= 0.6 is 0 Å². The molecule has 38 nitrogen and oxygen atoms in total. The first-order valence-electron chi connectivity index (χ1n) is 48.4. The number of ether oxygens (including phenoxy) is 1. The van der Waals surface area contributed by atoms with Crippen molar-refractivity contribution in [2.24, 2.45) is 15.0 Å². The number of aliphatic imine (C=N–C) groups is 3. The van der Waals surface area contributed by atoms with Gasteiger partial charge >= 0.3 is 0 Å². The highest BCUT2D eigenvalue weighted by atomic mass is 16.5. The van der Waals surface area contributed by atoms with Crippen molar-refractivity contribution in [2.45, 2.75) is 104 Å². The van der Waals surface area contributed by atoms with Gasteiger partial charge in [-0.15, -0.1) is 0 Å². The third-order valence-corrected chi connectivity index (χ3v) is 23.2. The zero-order valence-corrected chi connectivity index (χ0v) is 81.5. The lowest BCUT2D eigenvalue weighted by atomic mass is 9.94. The second-order valence-electron chi connectivity index (χ2n) is 33.2. The second-order valence-corrected chi connectivity index (χ2v) is 33.2. The fraction of sp³-hybridized carbons (Fsp3) is 0.162. The quantitative estimate of drug-likeness (QED) is 0.147. The van der Waals surface area contributed by atoms with Gasteiger partial charge in [-0.3, -0.25) is 83.7 Å². The van der Waals surface area contributed by atoms with Crippen molar-refractivity contribution in [3.05, 3.63) is 451 Å². The highest BCUT2D eigenvalue weighted by Gasteiger charge is 2.15. The summed E-state index contributed by atoms with van der Waals surface area (Å²) in [4.78, 5) is 91.8. The number of nitrogens with one attached hydrogen (secondary N) is 1. The number of fused-ring (bicyclic) bond motifs is 15. The Hall–Kier alpha value is -19.5. The van der Waals surface area contributed by atoms with E-state index >= 15 is 0 Å². The Morgan fingerprint density at radius 3 is 1.61 bits per heavy atom. The molecule has 0 saturated carbocycles. The monoisotopic (exact) mass is 1970 g/mol. The van der Waals surface area contributed by atoms with Gasteiger partial charge in [0.05, 0.1) is 116 Å². The molecule has 24 aromatic heterocycles. The van der Waals surface area contributed by atoms with Crippen LogP contribution in [0.25, 0.3) is 87.7 Å². The van der Waals surface area contributed by atoms with E-state index < -0.39 is 0 Å². The molecule has 0 spiro atoms. The summed E-state index contributed by atoms with van der Waals surface area (Å²) in [5, 5.41) is 34.9. The number of allylic oxidation sites excluding steroid dienone is 1. The minimum atomic E-state index is 0.722. The minimum absolute atomic E-state index is 0.722. The number of H-pyrrole nitrogens is 1. The maximum Gasteiger partial charge on any atom is 0.233 e. The topological polar surface area (TPSA) is 430 Å². The highest BCUT2D eigenvalue weighted by Crippen LogP contribution is 2.27. The van der Waals surface area contributed by atoms with Crippen molar-refractivity contribution in [1.82, 2.24) is 167 Å². The Bertz CT molecular complexity index is 6970. The van der Waals surface area contributed by atoms with Gasteiger partial charge in [0.2, 0.25) is 5.78 Å². The molecule has 7 aliphatic rings. The second kappa shape index (κ2) is 55.8. The summed E-state index contributed by atoms with van der Waals surface area (Å²) in [5.41, 5.74) is 19.6. The van der Waals surface area contributed by atoms with Crippen molar-refractivity contribution in [2.75, 3.05) is 13.2 Å². The lowest BCUT2D eigenvalue weighted by Crippen LogP contribution is -2.16. The van der Waals surface area contributed by atoms with Crippen LogP contribution in [0.2, 0.25) is 0 Å². The number of nitrogens with zero attached hydrogens (tertiary/aromatic N) is 36. The van der Waals surface area contributed by atoms with E-state index in [0.29, 0.717) is 0 Å². The average molecular weight is 1970 g/mol. The maximum absolute atomic E-state index is 5.19. The molecule has 0 amide bonds. The predicted molar refractivity (Wildman–Crippen MR) is 573 cm³/mol. The predicted octanol–water partition coefficient (Wildman–Crippen LogP) is 18.2. The Balaban J connectivity index is 0.000000108. The van der Waals surface area contributed by atoms with Crippen LogP contribution in [0.5, 0.6) is 0 Å². The number of pyridine rings is 10. The van der Waals surface area contributed by atoms with Crippen molar-refractivity contribution in [1.29, 1.82) is 0 Å². The molecule has 30 heterocycles. The molecule has 149 heavy (non-hydrogen) atoms. The molecule has 0 fully saturated rings. The molecule has 0 saturated heterocycles. The Morgan fingerprint density at radius 2 is 0.872 bits per heavy atom. The van der Waals surface area contributed by atoms with Crippen molar-refractivity contribution in [3.63, 3.8) is 0 Å². The van der Waals surface area contributed by atoms with E-state index in [1.807, 2.05) is 260 Å². The molecule has 32 rings (SSSR count). The summed E-state index contributed by atoms with van der Waals surface area (Å²) < 4.78 is 18.5. The van der Waals surface area contributed by atoms with Crippen LogP contribution in [0, 0.1) is 0 Å². The standard InChI is InChI=1S/4C8H6N2.C8H11N.2C7H6N2.2C7H10N2.C7H6N2.C6H4N4.4C6H5N3.C6H8N2O/c1-3-9-6-8-2-4-10-5-7(1)8;1-3-9-5-8-6-10-4-2-7(1)8;1-2-7-6-9-5-3-8(7)10-4-1;1-2-7-3-5-9-6-8(7)10-4-1;1-2-4-8-6-9-5-7(8)3-1;2*1-2-8-4-7-5-9-3-6(1)7;1-2-6-9-7(3-1)4-5-8-9;1-2-4-9-6-8-5-7(9)3-1;1-2-4-7-6(3-1)5-8-9-7;1-5-6(10-3-7-1)2-8-4-9-5;1-3-7-5-9-6(1)2-4-8-9;1-2-7-6-8-3-5-9(6)4-1;1-2-6-4-7-5-9(6)8-3-1;1-2-6-7-4-5-9(6)8-3-1;1-2-7-8-3-4-9-5-6(1)8/h4*1-6H;5H,1-4,6H2;1-2,4-5H,3H2;1-4H,5H2;4-5H,1-3,6H2;5-6H,1-4H2;1-5H,(H,8,9);1-4H;4*1-5H;1-2H,3-5H2. The van der Waals surface area contributed by atoms with Gasteiger partial charge in [-0.1, -0.05) is 24.3 Å². The molecule has 0 radical (unpaired) electrons. The summed E-state index contributed by atoms with van der Waals surface area (Å²) in [6, 6.07) is 48.9. The molecule has 1 N–H and O–H groups in total. The van der Waals surface area contributed by atoms with Crippen LogP contribution in [0.15, 0.2) is 426 Å². The zero-order chi connectivity index (χ0) is 101. The van der Waals surface area contributed by atoms with E-state index in [2.05, 4.69) is 172 Å². The highest BCUT2D eigenvalue weighted by molar-refractivity contribution is 5.86. The van der Waals surface area contributed by atoms with Crippen LogP contribution in [-0.4, -0.2) is 199 Å². The molecular formula is C111H105N37O. The fourth-order valence-electron chi connectivity index (χ4n) is 15.5. The fourth-order valence-corrected chi connectivity index (χ4v) is 15.5. The third-order valence-electron chi connectivity index (χ3n) is 23.2. The lowest BCUT2D eigenvalue weighted by molar-refractivity contribution is 0.0800. The molecule has 0 unspecified atom stereocenters. The van der Waals surface area contributed by atoms with E-state index in [4.69, 9.17) is 4.74 Å². The zero-order valence-electron chi connectivity index (χ0n) is 81.5. The normalized spacial score (nSPS) is 12.8. The molecule has 25 aromatic rings. The molecule has 38 heteroatoms. The van der Waals surface area contributed by atoms with Gasteiger partial charge in [0.1, 0.15) is 36.3 Å². The molecular weight excluding hydrogens is 1870 g/mol. The summed E-state index contributed by atoms with van der Waals surface area (Å²) in [6.07, 6.45) is 89.7. The smallest absolute Gasteiger partial charge is 0.233 e. The Kier molecular flexibility index (Phi) is 37.8. The summed E-state index contributed by atoms with van der Waals surface area (Å²) in [6.45, 7) is 7.38. The number of imidazole rings is 4. The van der Waals surface area contributed by atoms with Gasteiger partial charge in [-0.05, 0) is 214 Å². The van der Waals surface area contributed by atoms with E-state index in [-0.39, 0.29) is 0 Å². The lowest BCUT2D eigenvalue weighted by Gasteiger charge is -2.12. The first-order chi connectivity index (χ1) is 74.0. The van der Waals surface area contributed by atoms with Gasteiger partial charge in [-0.25, -0.2) is 63.4 Å². The molecule has 0 atom stereocenters. The van der Waals surface area contributed by atoms with E-state index in [1.54, 1.807) is 167 Å². The summed E-state index contributed by atoms with van der Waals surface area (Å²) >= 11 is 0. The first kappa shape index (κ1) is 101. The summed E-state index contributed by atoms with van der Waals surface area (Å²) in [5.74, 6) is 0.748. The number of benzene rings is 1. The van der Waals surface area contributed by atoms with Gasteiger partial charge in [-0.2, -0.15) is 30.6 Å². The van der Waals surface area contributed by atoms with Crippen LogP contribution in [-0.2, 0) is 56.9 Å². The van der Waals surface area contributed by atoms with E-state index in [0.717, 1.165) is 134 Å². The largest absolute Gasteiger partial charge is 0.373 e. The van der Waals surface area contributed by atoms with Crippen molar-refractivity contribution in [3.8, 4) is 0 Å². The number of rotatable bonds is 0. The molecule has 1 aromatic carbocycles. The van der Waals surface area contributed by atoms with Crippen LogP contribution in [0.3, 0.4) is 0 Å². The van der Waals surface area contributed by atoms with Crippen LogP contribution in [0.4, 0.5) is 0 Å². The third kappa shape index (κ3) is 31.0. The molecule has 6 aliphatic heterocycles. The molecule has 0 bridgehead atoms. The molecule has 1 aliphatic carbocycles. The van der Waals surface area contributed by atoms with E-state index in [1.165, 1.54) is 123 Å². The van der Waals surface area contributed by atoms with Crippen molar-refractivity contribution < 1.29 is 4.74 Å². The van der Waals surface area contributed by atoms with Gasteiger partial charge in [0.25, 0.3) is 0 Å². The number of aryl methyl sites for hydroxylation is 4. The molecule has 740 valence electrons. The average Bonchev–Trinajstić information content (AvgIpc) is 1.66. The summed E-state index contributed by atoms with van der Waals surface area (Å²) in [7, 11) is 0.